The molecule has 1 nitrogen and oxygen atoms in total. The molecule has 0 fully saturated rings. The van der Waals surface area contributed by atoms with Gasteiger partial charge < -0.3 is 0 Å². The van der Waals surface area contributed by atoms with Gasteiger partial charge in [-0.15, -0.1) is 11.8 Å². The smallest absolute Gasteiger partial charge is 0.0714 e. The van der Waals surface area contributed by atoms with Gasteiger partial charge in [0.1, 0.15) is 0 Å². The molecule has 1 heterocycles. The van der Waals surface area contributed by atoms with Gasteiger partial charge in [-0.05, 0) is 30.5 Å². The van der Waals surface area contributed by atoms with Crippen molar-refractivity contribution < 1.29 is 0 Å². The average Bonchev–Trinajstić information content (AvgIpc) is 2.17. The second kappa shape index (κ2) is 3.56. The van der Waals surface area contributed by atoms with Crippen LogP contribution in [-0.4, -0.2) is 11.2 Å². The van der Waals surface area contributed by atoms with Crippen LogP contribution in [0.1, 0.15) is 0 Å². The zero-order chi connectivity index (χ0) is 9.26. The molecule has 0 bridgehead atoms. The molecule has 0 spiro atoms. The molecule has 0 radical (unpaired) electrons. The van der Waals surface area contributed by atoms with Gasteiger partial charge in [0.2, 0.25) is 0 Å². The maximum absolute atomic E-state index is 5.91. The SMILES string of the molecule is CSc1ccnc2ccc(Cl)cc12. The summed E-state index contributed by atoms with van der Waals surface area (Å²) in [6.07, 6.45) is 3.87. The highest BCUT2D eigenvalue weighted by Gasteiger charge is 2.00. The third-order valence-corrected chi connectivity index (χ3v) is 2.91. The van der Waals surface area contributed by atoms with E-state index in [4.69, 9.17) is 11.6 Å². The molecule has 0 aliphatic rings. The highest BCUT2D eigenvalue weighted by Crippen LogP contribution is 2.26. The number of benzene rings is 1. The molecule has 3 heteroatoms. The highest BCUT2D eigenvalue weighted by molar-refractivity contribution is 7.98. The monoisotopic (exact) mass is 209 g/mol. The fourth-order valence-corrected chi connectivity index (χ4v) is 2.02. The molecule has 0 atom stereocenters. The predicted molar refractivity (Wildman–Crippen MR) is 58.5 cm³/mol. The van der Waals surface area contributed by atoms with Crippen molar-refractivity contribution in [2.24, 2.45) is 0 Å². The Morgan fingerprint density at radius 1 is 1.31 bits per heavy atom. The lowest BCUT2D eigenvalue weighted by molar-refractivity contribution is 1.36. The van der Waals surface area contributed by atoms with Gasteiger partial charge >= 0.3 is 0 Å². The van der Waals surface area contributed by atoms with E-state index >= 15 is 0 Å². The van der Waals surface area contributed by atoms with Crippen LogP contribution in [0.2, 0.25) is 5.02 Å². The number of aromatic nitrogens is 1. The third-order valence-electron chi connectivity index (χ3n) is 1.88. The Balaban J connectivity index is 2.79. The first kappa shape index (κ1) is 8.85. The highest BCUT2D eigenvalue weighted by atomic mass is 35.5. The lowest BCUT2D eigenvalue weighted by Crippen LogP contribution is -1.80. The Labute approximate surface area is 86.1 Å². The summed E-state index contributed by atoms with van der Waals surface area (Å²) in [5.41, 5.74) is 0.997. The molecule has 0 saturated heterocycles. The van der Waals surface area contributed by atoms with E-state index in [1.54, 1.807) is 11.8 Å². The molecule has 1 aromatic heterocycles. The van der Waals surface area contributed by atoms with E-state index in [0.717, 1.165) is 15.9 Å². The van der Waals surface area contributed by atoms with Crippen LogP contribution in [0.5, 0.6) is 0 Å². The van der Waals surface area contributed by atoms with Gasteiger partial charge in [-0.25, -0.2) is 0 Å². The molecule has 1 aromatic carbocycles. The molecule has 0 unspecified atom stereocenters. The predicted octanol–water partition coefficient (Wildman–Crippen LogP) is 3.61. The summed E-state index contributed by atoms with van der Waals surface area (Å²) in [4.78, 5) is 5.47. The summed E-state index contributed by atoms with van der Waals surface area (Å²) in [6, 6.07) is 7.76. The Kier molecular flexibility index (Phi) is 2.42. The summed E-state index contributed by atoms with van der Waals surface area (Å²) in [7, 11) is 0. The Morgan fingerprint density at radius 2 is 2.15 bits per heavy atom. The Morgan fingerprint density at radius 3 is 2.92 bits per heavy atom. The summed E-state index contributed by atoms with van der Waals surface area (Å²) < 4.78 is 0. The number of pyridine rings is 1. The van der Waals surface area contributed by atoms with Gasteiger partial charge in [0, 0.05) is 21.5 Å². The Bertz CT molecular complexity index is 442. The summed E-state index contributed by atoms with van der Waals surface area (Å²) >= 11 is 7.62. The van der Waals surface area contributed by atoms with Crippen molar-refractivity contribution >= 4 is 34.3 Å². The van der Waals surface area contributed by atoms with E-state index < -0.39 is 0 Å². The average molecular weight is 210 g/mol. The van der Waals surface area contributed by atoms with Crippen LogP contribution in [0.3, 0.4) is 0 Å². The number of hydrogen-bond acceptors (Lipinski definition) is 2. The van der Waals surface area contributed by atoms with Crippen molar-refractivity contribution in [3.63, 3.8) is 0 Å². The summed E-state index contributed by atoms with van der Waals surface area (Å²) in [6.45, 7) is 0. The first-order valence-corrected chi connectivity index (χ1v) is 5.50. The van der Waals surface area contributed by atoms with Crippen molar-refractivity contribution in [3.8, 4) is 0 Å². The van der Waals surface area contributed by atoms with Crippen LogP contribution in [0, 0.1) is 0 Å². The van der Waals surface area contributed by atoms with Crippen LogP contribution in [0.4, 0.5) is 0 Å². The molecule has 0 aliphatic carbocycles. The van der Waals surface area contributed by atoms with Crippen molar-refractivity contribution in [1.82, 2.24) is 4.98 Å². The van der Waals surface area contributed by atoms with Gasteiger partial charge in [-0.3, -0.25) is 4.98 Å². The van der Waals surface area contributed by atoms with Gasteiger partial charge in [0.05, 0.1) is 5.52 Å². The molecule has 0 N–H and O–H groups in total. The first-order valence-electron chi connectivity index (χ1n) is 3.89. The standard InChI is InChI=1S/C10H8ClNS/c1-13-10-4-5-12-9-3-2-7(11)6-8(9)10/h2-6H,1H3. The molecule has 13 heavy (non-hydrogen) atoms. The zero-order valence-electron chi connectivity index (χ0n) is 7.12. The van der Waals surface area contributed by atoms with Gasteiger partial charge in [0.15, 0.2) is 0 Å². The number of rotatable bonds is 1. The second-order valence-electron chi connectivity index (χ2n) is 2.67. The molecule has 0 saturated carbocycles. The molecule has 2 aromatic rings. The number of nitrogens with zero attached hydrogens (tertiary/aromatic N) is 1. The molecule has 2 rings (SSSR count). The topological polar surface area (TPSA) is 12.9 Å². The fraction of sp³-hybridized carbons (Fsp3) is 0.100. The molecule has 0 aliphatic heterocycles. The number of hydrogen-bond donors (Lipinski definition) is 0. The van der Waals surface area contributed by atoms with E-state index in [1.165, 1.54) is 4.90 Å². The number of thioether (sulfide) groups is 1. The van der Waals surface area contributed by atoms with E-state index in [0.29, 0.717) is 0 Å². The molecule has 66 valence electrons. The number of halogens is 1. The summed E-state index contributed by atoms with van der Waals surface area (Å²) in [5, 5.41) is 1.89. The third kappa shape index (κ3) is 1.64. The van der Waals surface area contributed by atoms with Crippen LogP contribution < -0.4 is 0 Å². The van der Waals surface area contributed by atoms with Crippen LogP contribution in [-0.2, 0) is 0 Å². The largest absolute Gasteiger partial charge is 0.256 e. The molecular weight excluding hydrogens is 202 g/mol. The minimum absolute atomic E-state index is 0.760. The Hall–Kier alpha value is -0.730. The summed E-state index contributed by atoms with van der Waals surface area (Å²) in [5.74, 6) is 0. The quantitative estimate of drug-likeness (QED) is 0.666. The van der Waals surface area contributed by atoms with Crippen molar-refractivity contribution in [3.05, 3.63) is 35.5 Å². The normalized spacial score (nSPS) is 10.6. The van der Waals surface area contributed by atoms with Gasteiger partial charge in [-0.2, -0.15) is 0 Å². The van der Waals surface area contributed by atoms with E-state index in [9.17, 15) is 0 Å². The zero-order valence-corrected chi connectivity index (χ0v) is 8.69. The maximum Gasteiger partial charge on any atom is 0.0714 e. The first-order chi connectivity index (χ1) is 6.31. The van der Waals surface area contributed by atoms with E-state index in [1.807, 2.05) is 30.5 Å². The van der Waals surface area contributed by atoms with Crippen molar-refractivity contribution in [1.29, 1.82) is 0 Å². The van der Waals surface area contributed by atoms with Crippen LogP contribution in [0.15, 0.2) is 35.4 Å². The van der Waals surface area contributed by atoms with Crippen molar-refractivity contribution in [2.75, 3.05) is 6.26 Å². The fourth-order valence-electron chi connectivity index (χ4n) is 1.27. The minimum atomic E-state index is 0.760. The molecule has 0 amide bonds. The lowest BCUT2D eigenvalue weighted by Gasteiger charge is -2.02. The molecular formula is C10H8ClNS. The second-order valence-corrected chi connectivity index (χ2v) is 3.96. The van der Waals surface area contributed by atoms with Gasteiger partial charge in [-0.1, -0.05) is 11.6 Å². The van der Waals surface area contributed by atoms with Gasteiger partial charge in [0.25, 0.3) is 0 Å². The van der Waals surface area contributed by atoms with E-state index in [-0.39, 0.29) is 0 Å². The van der Waals surface area contributed by atoms with E-state index in [2.05, 4.69) is 11.2 Å². The van der Waals surface area contributed by atoms with Crippen LogP contribution >= 0.6 is 23.4 Å². The lowest BCUT2D eigenvalue weighted by atomic mass is 10.2. The van der Waals surface area contributed by atoms with Crippen LogP contribution in [0.25, 0.3) is 10.9 Å². The van der Waals surface area contributed by atoms with Crippen molar-refractivity contribution in [2.45, 2.75) is 4.90 Å². The minimum Gasteiger partial charge on any atom is -0.256 e. The number of fused-ring (bicyclic) bond motifs is 1. The maximum atomic E-state index is 5.91.